The molecule has 2 amide bonds. The topological polar surface area (TPSA) is 75.7 Å². The molecule has 0 saturated carbocycles. The summed E-state index contributed by atoms with van der Waals surface area (Å²) >= 11 is 0. The lowest BCUT2D eigenvalue weighted by atomic mass is 10.1. The van der Waals surface area contributed by atoms with E-state index in [4.69, 9.17) is 4.18 Å². The number of hydrogen-bond donors (Lipinski definition) is 1. The lowest BCUT2D eigenvalue weighted by molar-refractivity contribution is 0.187. The summed E-state index contributed by atoms with van der Waals surface area (Å²) in [5.74, 6) is 0.183. The third-order valence-corrected chi connectivity index (χ3v) is 6.03. The number of carbonyl (C=O) groups excluding carboxylic acids is 1. The van der Waals surface area contributed by atoms with Crippen LogP contribution < -0.4 is 9.50 Å². The molecule has 0 unspecified atom stereocenters. The fraction of sp³-hybridized carbons (Fsp3) is 0.409. The SMILES string of the molecule is CCc1ccccc1NC(=O)N(Cc1ccc(OS(=O)(=O)CC)cc1)[C@@H](C)CC. The second kappa shape index (κ2) is 10.3. The van der Waals surface area contributed by atoms with Gasteiger partial charge in [-0.3, -0.25) is 0 Å². The van der Waals surface area contributed by atoms with Crippen molar-refractivity contribution in [2.24, 2.45) is 0 Å². The molecule has 0 fully saturated rings. The molecular weight excluding hydrogens is 388 g/mol. The van der Waals surface area contributed by atoms with Crippen molar-refractivity contribution in [3.63, 3.8) is 0 Å². The molecule has 0 bridgehead atoms. The van der Waals surface area contributed by atoms with Crippen LogP contribution in [0, 0.1) is 0 Å². The molecule has 1 atom stereocenters. The number of aryl methyl sites for hydroxylation is 1. The first kappa shape index (κ1) is 22.7. The van der Waals surface area contributed by atoms with Crippen LogP contribution in [0.15, 0.2) is 48.5 Å². The number of benzene rings is 2. The molecule has 0 spiro atoms. The van der Waals surface area contributed by atoms with Gasteiger partial charge in [0.2, 0.25) is 0 Å². The zero-order valence-electron chi connectivity index (χ0n) is 17.5. The summed E-state index contributed by atoms with van der Waals surface area (Å²) in [7, 11) is -3.56. The van der Waals surface area contributed by atoms with E-state index in [0.29, 0.717) is 6.54 Å². The fourth-order valence-electron chi connectivity index (χ4n) is 2.84. The van der Waals surface area contributed by atoms with Crippen molar-refractivity contribution >= 4 is 21.8 Å². The number of carbonyl (C=O) groups is 1. The molecular formula is C22H30N2O4S. The molecule has 0 aromatic heterocycles. The summed E-state index contributed by atoms with van der Waals surface area (Å²) in [6.07, 6.45) is 1.65. The van der Waals surface area contributed by atoms with Gasteiger partial charge < -0.3 is 14.4 Å². The minimum atomic E-state index is -3.56. The van der Waals surface area contributed by atoms with Gasteiger partial charge in [-0.2, -0.15) is 8.42 Å². The molecule has 29 heavy (non-hydrogen) atoms. The Morgan fingerprint density at radius 1 is 1.07 bits per heavy atom. The van der Waals surface area contributed by atoms with Crippen molar-refractivity contribution in [3.05, 3.63) is 59.7 Å². The van der Waals surface area contributed by atoms with Crippen LogP contribution in [0.25, 0.3) is 0 Å². The molecule has 0 radical (unpaired) electrons. The van der Waals surface area contributed by atoms with Gasteiger partial charge in [0.05, 0.1) is 5.75 Å². The highest BCUT2D eigenvalue weighted by molar-refractivity contribution is 7.87. The number of hydrogen-bond acceptors (Lipinski definition) is 4. The van der Waals surface area contributed by atoms with E-state index in [2.05, 4.69) is 12.2 Å². The van der Waals surface area contributed by atoms with Gasteiger partial charge in [0.15, 0.2) is 0 Å². The maximum atomic E-state index is 13.0. The molecule has 0 saturated heterocycles. The normalized spacial score (nSPS) is 12.3. The third-order valence-electron chi connectivity index (χ3n) is 4.88. The van der Waals surface area contributed by atoms with Gasteiger partial charge in [0.1, 0.15) is 5.75 Å². The highest BCUT2D eigenvalue weighted by Gasteiger charge is 2.20. The maximum Gasteiger partial charge on any atom is 0.322 e. The first-order chi connectivity index (χ1) is 13.8. The number of nitrogens with one attached hydrogen (secondary N) is 1. The Balaban J connectivity index is 2.15. The fourth-order valence-corrected chi connectivity index (χ4v) is 3.36. The van der Waals surface area contributed by atoms with E-state index in [1.54, 1.807) is 29.2 Å². The van der Waals surface area contributed by atoms with Crippen LogP contribution in [0.3, 0.4) is 0 Å². The molecule has 0 aliphatic rings. The molecule has 0 aliphatic carbocycles. The Bertz CT molecular complexity index is 911. The Hall–Kier alpha value is -2.54. The number of amides is 2. The summed E-state index contributed by atoms with van der Waals surface area (Å²) < 4.78 is 28.2. The van der Waals surface area contributed by atoms with Gasteiger partial charge in [-0.05, 0) is 56.0 Å². The Morgan fingerprint density at radius 3 is 2.31 bits per heavy atom. The van der Waals surface area contributed by atoms with Crippen LogP contribution in [0.1, 0.15) is 45.2 Å². The largest absolute Gasteiger partial charge is 0.382 e. The van der Waals surface area contributed by atoms with E-state index < -0.39 is 10.1 Å². The maximum absolute atomic E-state index is 13.0. The van der Waals surface area contributed by atoms with Crippen LogP contribution in [0.2, 0.25) is 0 Å². The predicted molar refractivity (Wildman–Crippen MR) is 117 cm³/mol. The van der Waals surface area contributed by atoms with Crippen molar-refractivity contribution in [1.82, 2.24) is 4.90 Å². The number of nitrogens with zero attached hydrogens (tertiary/aromatic N) is 1. The van der Waals surface area contributed by atoms with Crippen molar-refractivity contribution in [3.8, 4) is 5.75 Å². The van der Waals surface area contributed by atoms with Gasteiger partial charge >= 0.3 is 16.1 Å². The summed E-state index contributed by atoms with van der Waals surface area (Å²) in [5, 5.41) is 3.03. The molecule has 2 rings (SSSR count). The first-order valence-corrected chi connectivity index (χ1v) is 11.5. The Morgan fingerprint density at radius 2 is 1.72 bits per heavy atom. The molecule has 158 valence electrons. The predicted octanol–water partition coefficient (Wildman–Crippen LogP) is 4.81. The minimum Gasteiger partial charge on any atom is -0.382 e. The number of urea groups is 1. The van der Waals surface area contributed by atoms with E-state index in [0.717, 1.165) is 29.7 Å². The molecule has 0 heterocycles. The van der Waals surface area contributed by atoms with Gasteiger partial charge in [-0.1, -0.05) is 44.2 Å². The zero-order chi connectivity index (χ0) is 21.4. The van der Waals surface area contributed by atoms with Gasteiger partial charge in [0, 0.05) is 18.3 Å². The smallest absolute Gasteiger partial charge is 0.322 e. The lowest BCUT2D eigenvalue weighted by Gasteiger charge is -2.29. The molecule has 1 N–H and O–H groups in total. The highest BCUT2D eigenvalue weighted by atomic mass is 32.2. The third kappa shape index (κ3) is 6.49. The van der Waals surface area contributed by atoms with E-state index in [1.807, 2.05) is 38.1 Å². The van der Waals surface area contributed by atoms with Gasteiger partial charge in [-0.25, -0.2) is 4.79 Å². The average molecular weight is 419 g/mol. The average Bonchev–Trinajstić information content (AvgIpc) is 2.72. The van der Waals surface area contributed by atoms with Crippen molar-refractivity contribution in [2.75, 3.05) is 11.1 Å². The summed E-state index contributed by atoms with van der Waals surface area (Å²) in [6.45, 7) is 8.05. The van der Waals surface area contributed by atoms with E-state index in [1.165, 1.54) is 6.92 Å². The molecule has 0 aliphatic heterocycles. The van der Waals surface area contributed by atoms with Crippen molar-refractivity contribution < 1.29 is 17.4 Å². The van der Waals surface area contributed by atoms with E-state index >= 15 is 0 Å². The molecule has 6 nitrogen and oxygen atoms in total. The standard InChI is InChI=1S/C22H30N2O4S/c1-5-17(4)24(22(25)23-21-11-9-8-10-19(21)6-2)16-18-12-14-20(15-13-18)28-29(26,27)7-3/h8-15,17H,5-7,16H2,1-4H3,(H,23,25)/t17-/m0/s1. The van der Waals surface area contributed by atoms with E-state index in [-0.39, 0.29) is 23.6 Å². The zero-order valence-corrected chi connectivity index (χ0v) is 18.3. The number of para-hydroxylation sites is 1. The van der Waals surface area contributed by atoms with Crippen LogP contribution in [-0.2, 0) is 23.1 Å². The lowest BCUT2D eigenvalue weighted by Crippen LogP contribution is -2.40. The monoisotopic (exact) mass is 418 g/mol. The summed E-state index contributed by atoms with van der Waals surface area (Å²) in [5.41, 5.74) is 2.80. The molecule has 2 aromatic carbocycles. The number of rotatable bonds is 9. The second-order valence-corrected chi connectivity index (χ2v) is 8.76. The second-order valence-electron chi connectivity index (χ2n) is 6.90. The summed E-state index contributed by atoms with van der Waals surface area (Å²) in [4.78, 5) is 14.8. The van der Waals surface area contributed by atoms with Crippen LogP contribution in [0.5, 0.6) is 5.75 Å². The van der Waals surface area contributed by atoms with Crippen LogP contribution in [0.4, 0.5) is 10.5 Å². The summed E-state index contributed by atoms with van der Waals surface area (Å²) in [6, 6.07) is 14.5. The molecule has 7 heteroatoms. The van der Waals surface area contributed by atoms with Gasteiger partial charge in [0.25, 0.3) is 0 Å². The number of anilines is 1. The van der Waals surface area contributed by atoms with Crippen molar-refractivity contribution in [2.45, 2.75) is 53.1 Å². The van der Waals surface area contributed by atoms with Crippen LogP contribution >= 0.6 is 0 Å². The highest BCUT2D eigenvalue weighted by Crippen LogP contribution is 2.20. The van der Waals surface area contributed by atoms with E-state index in [9.17, 15) is 13.2 Å². The van der Waals surface area contributed by atoms with Crippen molar-refractivity contribution in [1.29, 1.82) is 0 Å². The Kier molecular flexibility index (Phi) is 8.08. The quantitative estimate of drug-likeness (QED) is 0.593. The minimum absolute atomic E-state index is 0.0418. The first-order valence-electron chi connectivity index (χ1n) is 9.96. The van der Waals surface area contributed by atoms with Crippen LogP contribution in [-0.4, -0.2) is 31.1 Å². The van der Waals surface area contributed by atoms with Gasteiger partial charge in [-0.15, -0.1) is 0 Å². The molecule has 2 aromatic rings. The Labute approximate surface area is 174 Å².